The summed E-state index contributed by atoms with van der Waals surface area (Å²) in [4.78, 5) is 45.5. The number of methoxy groups -OCH3 is 1. The van der Waals surface area contributed by atoms with Gasteiger partial charge in [0.1, 0.15) is 5.41 Å². The first-order valence-corrected chi connectivity index (χ1v) is 16.0. The van der Waals surface area contributed by atoms with E-state index in [0.29, 0.717) is 37.2 Å². The van der Waals surface area contributed by atoms with E-state index < -0.39 is 23.4 Å². The summed E-state index contributed by atoms with van der Waals surface area (Å²) in [5.41, 5.74) is 1.83. The second-order valence-electron chi connectivity index (χ2n) is 12.9. The van der Waals surface area contributed by atoms with Crippen molar-refractivity contribution < 1.29 is 23.9 Å². The van der Waals surface area contributed by atoms with E-state index in [9.17, 15) is 14.4 Å². The van der Waals surface area contributed by atoms with Crippen LogP contribution in [0.1, 0.15) is 75.3 Å². The Bertz CT molecular complexity index is 1330. The number of carbonyl (C=O) groups is 3. The number of benzene rings is 2. The maximum Gasteiger partial charge on any atom is 0.320 e. The van der Waals surface area contributed by atoms with Gasteiger partial charge in [0.05, 0.1) is 25.9 Å². The summed E-state index contributed by atoms with van der Waals surface area (Å²) in [5.74, 6) is -0.355. The fraction of sp³-hybridized carbons (Fsp3) is 0.528. The lowest BCUT2D eigenvalue weighted by atomic mass is 9.66. The van der Waals surface area contributed by atoms with Crippen molar-refractivity contribution in [2.24, 2.45) is 17.3 Å². The van der Waals surface area contributed by atoms with Crippen LogP contribution in [0.3, 0.4) is 0 Å². The molecule has 0 radical (unpaired) electrons. The molecule has 4 atom stereocenters. The zero-order valence-corrected chi connectivity index (χ0v) is 25.5. The van der Waals surface area contributed by atoms with Crippen molar-refractivity contribution in [1.29, 1.82) is 0 Å². The Labute approximate surface area is 255 Å². The highest BCUT2D eigenvalue weighted by Crippen LogP contribution is 2.52. The number of esters is 1. The number of piperidine rings is 2. The average molecular weight is 585 g/mol. The lowest BCUT2D eigenvalue weighted by Gasteiger charge is -2.52. The number of hydrogen-bond acceptors (Lipinski definition) is 5. The first kappa shape index (κ1) is 29.6. The Kier molecular flexibility index (Phi) is 8.71. The second kappa shape index (κ2) is 12.7. The van der Waals surface area contributed by atoms with E-state index in [1.54, 1.807) is 4.90 Å². The molecule has 1 aliphatic carbocycles. The predicted octanol–water partition coefficient (Wildman–Crippen LogP) is 5.85. The number of hydrogen-bond donors (Lipinski definition) is 0. The average Bonchev–Trinajstić information content (AvgIpc) is 3.59. The lowest BCUT2D eigenvalue weighted by Crippen LogP contribution is -2.60. The van der Waals surface area contributed by atoms with Crippen LogP contribution < -0.4 is 0 Å². The van der Waals surface area contributed by atoms with Crippen molar-refractivity contribution in [1.82, 2.24) is 9.80 Å². The monoisotopic (exact) mass is 584 g/mol. The largest absolute Gasteiger partial charge is 0.468 e. The topological polar surface area (TPSA) is 76.2 Å². The van der Waals surface area contributed by atoms with E-state index in [4.69, 9.17) is 9.47 Å². The van der Waals surface area contributed by atoms with Crippen molar-refractivity contribution in [3.05, 3.63) is 83.6 Å². The minimum Gasteiger partial charge on any atom is -0.468 e. The van der Waals surface area contributed by atoms with Crippen LogP contribution in [-0.2, 0) is 30.4 Å². The molecule has 2 amide bonds. The van der Waals surface area contributed by atoms with Crippen LogP contribution in [0.5, 0.6) is 0 Å². The van der Waals surface area contributed by atoms with E-state index in [1.165, 1.54) is 25.5 Å². The lowest BCUT2D eigenvalue weighted by molar-refractivity contribution is -0.178. The van der Waals surface area contributed by atoms with Gasteiger partial charge in [-0.1, -0.05) is 73.5 Å². The molecule has 0 bridgehead atoms. The van der Waals surface area contributed by atoms with Crippen LogP contribution in [0.25, 0.3) is 0 Å². The molecule has 6 rings (SSSR count). The van der Waals surface area contributed by atoms with Crippen LogP contribution in [0.15, 0.2) is 72.4 Å². The highest BCUT2D eigenvalue weighted by Gasteiger charge is 2.60. The van der Waals surface area contributed by atoms with Crippen LogP contribution in [0, 0.1) is 17.3 Å². The first-order chi connectivity index (χ1) is 20.9. The molecule has 3 heterocycles. The molecule has 4 aliphatic rings. The maximum absolute atomic E-state index is 14.3. The number of nitrogens with zero attached hydrogens (tertiary/aromatic N) is 2. The molecule has 0 aromatic heterocycles. The predicted molar refractivity (Wildman–Crippen MR) is 164 cm³/mol. The van der Waals surface area contributed by atoms with Gasteiger partial charge in [-0.3, -0.25) is 14.4 Å². The molecule has 3 fully saturated rings. The van der Waals surface area contributed by atoms with Crippen molar-refractivity contribution in [3.8, 4) is 0 Å². The third-order valence-electron chi connectivity index (χ3n) is 10.4. The Morgan fingerprint density at radius 1 is 0.953 bits per heavy atom. The molecular weight excluding hydrogens is 540 g/mol. The van der Waals surface area contributed by atoms with Gasteiger partial charge in [-0.15, -0.1) is 0 Å². The molecule has 2 aromatic carbocycles. The molecule has 228 valence electrons. The molecule has 0 N–H and O–H groups in total. The molecule has 7 nitrogen and oxygen atoms in total. The Hall–Kier alpha value is -3.45. The fourth-order valence-corrected chi connectivity index (χ4v) is 8.01. The van der Waals surface area contributed by atoms with Crippen LogP contribution in [0.4, 0.5) is 0 Å². The molecule has 0 spiro atoms. The molecule has 1 saturated carbocycles. The van der Waals surface area contributed by atoms with E-state index in [0.717, 1.165) is 31.2 Å². The van der Waals surface area contributed by atoms with E-state index in [-0.39, 0.29) is 30.8 Å². The number of likely N-dealkylation sites (tertiary alicyclic amines) is 2. The van der Waals surface area contributed by atoms with Crippen molar-refractivity contribution >= 4 is 17.8 Å². The zero-order valence-electron chi connectivity index (χ0n) is 25.5. The summed E-state index contributed by atoms with van der Waals surface area (Å²) in [6.07, 6.45) is 7.99. The molecule has 43 heavy (non-hydrogen) atoms. The SMILES string of the molecule is COC(=O)[C@]12C[C@H](CC(=O)N3CCC(c4ccccc4)CC3)C(=O)N(Cc3ccccc3)C1=C[C@H](C1CCCC1)O[C@@H]2C. The molecule has 3 aliphatic heterocycles. The number of rotatable bonds is 7. The van der Waals surface area contributed by atoms with Gasteiger partial charge < -0.3 is 19.3 Å². The van der Waals surface area contributed by atoms with E-state index >= 15 is 0 Å². The normalized spacial score (nSPS) is 28.4. The smallest absolute Gasteiger partial charge is 0.320 e. The van der Waals surface area contributed by atoms with Gasteiger partial charge in [0, 0.05) is 31.1 Å². The van der Waals surface area contributed by atoms with Crippen LogP contribution in [0.2, 0.25) is 0 Å². The van der Waals surface area contributed by atoms with Gasteiger partial charge in [0.2, 0.25) is 11.8 Å². The number of ether oxygens (including phenoxy) is 2. The summed E-state index contributed by atoms with van der Waals surface area (Å²) >= 11 is 0. The summed E-state index contributed by atoms with van der Waals surface area (Å²) in [7, 11) is 1.40. The van der Waals surface area contributed by atoms with Gasteiger partial charge in [0.25, 0.3) is 0 Å². The third-order valence-corrected chi connectivity index (χ3v) is 10.4. The maximum atomic E-state index is 14.3. The van der Waals surface area contributed by atoms with E-state index in [1.807, 2.05) is 54.3 Å². The van der Waals surface area contributed by atoms with E-state index in [2.05, 4.69) is 24.3 Å². The standard InChI is InChI=1S/C36H44N2O5/c1-25-36(35(41)42-2)23-30(21-33(39)37-19-17-28(18-20-37)27-13-7-4-8-14-27)34(40)38(24-26-11-5-3-6-12-26)32(36)22-31(43-25)29-15-9-10-16-29/h3-8,11-14,22,25,28-31H,9-10,15-21,23-24H2,1-2H3/t25-,30+,31-,36+/m1/s1. The number of carbonyl (C=O) groups excluding carboxylic acids is 3. The van der Waals surface area contributed by atoms with Crippen molar-refractivity contribution in [2.45, 2.75) is 83.0 Å². The van der Waals surface area contributed by atoms with Gasteiger partial charge in [-0.05, 0) is 68.1 Å². The quantitative estimate of drug-likeness (QED) is 0.382. The highest BCUT2D eigenvalue weighted by atomic mass is 16.5. The second-order valence-corrected chi connectivity index (χ2v) is 12.9. The Morgan fingerprint density at radius 2 is 1.60 bits per heavy atom. The Morgan fingerprint density at radius 3 is 2.26 bits per heavy atom. The number of fused-ring (bicyclic) bond motifs is 1. The Balaban J connectivity index is 1.28. The molecule has 2 saturated heterocycles. The van der Waals surface area contributed by atoms with Gasteiger partial charge in [-0.25, -0.2) is 0 Å². The van der Waals surface area contributed by atoms with Crippen LogP contribution >= 0.6 is 0 Å². The summed E-state index contributed by atoms with van der Waals surface area (Å²) in [6, 6.07) is 20.3. The molecule has 2 aromatic rings. The minimum atomic E-state index is -1.15. The summed E-state index contributed by atoms with van der Waals surface area (Å²) in [6.45, 7) is 3.61. The first-order valence-electron chi connectivity index (χ1n) is 16.0. The highest BCUT2D eigenvalue weighted by molar-refractivity contribution is 5.92. The summed E-state index contributed by atoms with van der Waals surface area (Å²) < 4.78 is 12.1. The van der Waals surface area contributed by atoms with Crippen LogP contribution in [-0.4, -0.2) is 60.0 Å². The van der Waals surface area contributed by atoms with Crippen molar-refractivity contribution in [2.75, 3.05) is 20.2 Å². The molecular formula is C36H44N2O5. The van der Waals surface area contributed by atoms with Crippen molar-refractivity contribution in [3.63, 3.8) is 0 Å². The molecule has 0 unspecified atom stereocenters. The summed E-state index contributed by atoms with van der Waals surface area (Å²) in [5, 5.41) is 0. The van der Waals surface area contributed by atoms with Gasteiger partial charge in [0.15, 0.2) is 0 Å². The van der Waals surface area contributed by atoms with Gasteiger partial charge in [-0.2, -0.15) is 0 Å². The number of amides is 2. The minimum absolute atomic E-state index is 0.0230. The van der Waals surface area contributed by atoms with Gasteiger partial charge >= 0.3 is 5.97 Å². The zero-order chi connectivity index (χ0) is 30.0. The third kappa shape index (κ3) is 5.76. The fourth-order valence-electron chi connectivity index (χ4n) is 8.01. The molecule has 7 heteroatoms.